The van der Waals surface area contributed by atoms with Crippen LogP contribution in [0.1, 0.15) is 41.5 Å². The molecule has 0 saturated carbocycles. The molecule has 2 amide bonds. The number of benzene rings is 4. The summed E-state index contributed by atoms with van der Waals surface area (Å²) in [6.07, 6.45) is -1.54. The molecule has 0 atom stereocenters. The van der Waals surface area contributed by atoms with Crippen molar-refractivity contribution >= 4 is 51.4 Å². The largest absolute Gasteiger partial charge is 0.443 e. The van der Waals surface area contributed by atoms with E-state index in [1.807, 2.05) is 115 Å². The third-order valence-corrected chi connectivity index (χ3v) is 8.51. The molecule has 7 rings (SSSR count). The number of aromatic nitrogens is 4. The Balaban J connectivity index is 1.60. The summed E-state index contributed by atoms with van der Waals surface area (Å²) in [5.41, 5.74) is 3.11. The third-order valence-electron chi connectivity index (χ3n) is 7.98. The van der Waals surface area contributed by atoms with Crippen molar-refractivity contribution in [2.75, 3.05) is 9.80 Å². The number of amides is 2. The maximum absolute atomic E-state index is 14.5. The number of fused-ring (bicyclic) bond motifs is 2. The van der Waals surface area contributed by atoms with E-state index in [-0.39, 0.29) is 23.3 Å². The molecule has 6 aromatic rings. The Labute approximate surface area is 316 Å². The zero-order valence-electron chi connectivity index (χ0n) is 30.2. The molecule has 0 bridgehead atoms. The Bertz CT molecular complexity index is 2310. The smallest absolute Gasteiger partial charge is 0.422 e. The van der Waals surface area contributed by atoms with E-state index in [1.165, 1.54) is 9.80 Å². The molecular formula is C42H37BrN6O4. The molecule has 0 saturated heterocycles. The van der Waals surface area contributed by atoms with Gasteiger partial charge in [-0.25, -0.2) is 39.3 Å². The number of ether oxygens (including phenoxy) is 2. The van der Waals surface area contributed by atoms with Crippen molar-refractivity contribution in [1.29, 1.82) is 0 Å². The van der Waals surface area contributed by atoms with Gasteiger partial charge in [0.05, 0.1) is 22.8 Å². The van der Waals surface area contributed by atoms with Gasteiger partial charge in [0.25, 0.3) is 0 Å². The maximum Gasteiger partial charge on any atom is 0.422 e. The minimum Gasteiger partial charge on any atom is -0.443 e. The minimum atomic E-state index is -0.897. The van der Waals surface area contributed by atoms with Crippen molar-refractivity contribution in [1.82, 2.24) is 19.9 Å². The van der Waals surface area contributed by atoms with Gasteiger partial charge in [-0.3, -0.25) is 0 Å². The normalized spacial score (nSPS) is 12.5. The Morgan fingerprint density at radius 2 is 0.717 bits per heavy atom. The van der Waals surface area contributed by atoms with E-state index >= 15 is 0 Å². The van der Waals surface area contributed by atoms with Crippen molar-refractivity contribution in [3.05, 3.63) is 120 Å². The van der Waals surface area contributed by atoms with E-state index in [4.69, 9.17) is 29.4 Å². The molecule has 53 heavy (non-hydrogen) atoms. The van der Waals surface area contributed by atoms with Gasteiger partial charge in [-0.15, -0.1) is 0 Å². The first-order valence-electron chi connectivity index (χ1n) is 17.1. The first kappa shape index (κ1) is 35.5. The average Bonchev–Trinajstić information content (AvgIpc) is 3.12. The van der Waals surface area contributed by atoms with E-state index in [0.29, 0.717) is 22.8 Å². The summed E-state index contributed by atoms with van der Waals surface area (Å²) in [5, 5.41) is 0. The molecule has 266 valence electrons. The number of hydrogen-bond donors (Lipinski definition) is 0. The minimum absolute atomic E-state index is 0.0241. The highest BCUT2D eigenvalue weighted by molar-refractivity contribution is 9.10. The van der Waals surface area contributed by atoms with Crippen LogP contribution in [-0.2, 0) is 9.47 Å². The second-order valence-electron chi connectivity index (χ2n) is 14.4. The van der Waals surface area contributed by atoms with Gasteiger partial charge in [0.2, 0.25) is 0 Å². The molecule has 0 N–H and O–H groups in total. The van der Waals surface area contributed by atoms with Gasteiger partial charge in [-0.05, 0) is 53.7 Å². The highest BCUT2D eigenvalue weighted by Crippen LogP contribution is 2.49. The van der Waals surface area contributed by atoms with Gasteiger partial charge in [0.1, 0.15) is 11.2 Å². The Hall–Kier alpha value is -5.94. The second kappa shape index (κ2) is 13.9. The van der Waals surface area contributed by atoms with Crippen LogP contribution in [0.2, 0.25) is 0 Å². The predicted molar refractivity (Wildman–Crippen MR) is 210 cm³/mol. The summed E-state index contributed by atoms with van der Waals surface area (Å²) in [7, 11) is 0. The molecular weight excluding hydrogens is 732 g/mol. The third kappa shape index (κ3) is 7.38. The lowest BCUT2D eigenvalue weighted by atomic mass is 10.0. The van der Waals surface area contributed by atoms with Crippen LogP contribution >= 0.6 is 15.9 Å². The Kier molecular flexibility index (Phi) is 9.29. The number of carbonyl (C=O) groups excluding carboxylic acids is 2. The van der Waals surface area contributed by atoms with Crippen LogP contribution in [0.15, 0.2) is 120 Å². The SMILES string of the molecule is CC(C)(C)OC(=O)N1c2nc(-c3ccccc3)c(-c3ccccc3)nc2N(C(=O)OC(C)(C)C)c2nc(-c3ccc(Br)cc3)c(-c3ccccc3)nc21. The standard InChI is InChI=1S/C42H37BrN6O4/c1-41(2,3)52-39(50)48-35-36(45-32(27-18-12-8-13-19-27)31(44-35)26-16-10-7-11-17-26)49(40(51)53-42(4,5)6)38-37(48)46-33(28-20-14-9-15-21-28)34(47-38)29-22-24-30(43)25-23-29/h7-25H,1-6H3. The maximum atomic E-state index is 14.5. The molecule has 0 radical (unpaired) electrons. The van der Waals surface area contributed by atoms with E-state index in [1.54, 1.807) is 41.5 Å². The van der Waals surface area contributed by atoms with E-state index < -0.39 is 23.4 Å². The highest BCUT2D eigenvalue weighted by atomic mass is 79.9. The summed E-state index contributed by atoms with van der Waals surface area (Å²) in [4.78, 5) is 52.2. The van der Waals surface area contributed by atoms with Gasteiger partial charge in [-0.1, -0.05) is 119 Å². The number of nitrogens with zero attached hydrogens (tertiary/aromatic N) is 6. The van der Waals surface area contributed by atoms with E-state index in [2.05, 4.69) is 15.9 Å². The van der Waals surface area contributed by atoms with Gasteiger partial charge < -0.3 is 9.47 Å². The summed E-state index contributed by atoms with van der Waals surface area (Å²) in [6, 6.07) is 36.3. The van der Waals surface area contributed by atoms with Crippen molar-refractivity contribution in [2.45, 2.75) is 52.7 Å². The fourth-order valence-electron chi connectivity index (χ4n) is 5.80. The fourth-order valence-corrected chi connectivity index (χ4v) is 6.06. The lowest BCUT2D eigenvalue weighted by Crippen LogP contribution is -2.43. The van der Waals surface area contributed by atoms with Crippen LogP contribution in [0.25, 0.3) is 45.0 Å². The second-order valence-corrected chi connectivity index (χ2v) is 15.3. The van der Waals surface area contributed by atoms with Crippen molar-refractivity contribution in [2.24, 2.45) is 0 Å². The molecule has 0 aliphatic carbocycles. The summed E-state index contributed by atoms with van der Waals surface area (Å²) in [5.74, 6) is 0.106. The number of anilines is 4. The highest BCUT2D eigenvalue weighted by Gasteiger charge is 2.45. The summed E-state index contributed by atoms with van der Waals surface area (Å²) in [6.45, 7) is 10.7. The molecule has 1 aliphatic heterocycles. The lowest BCUT2D eigenvalue weighted by molar-refractivity contribution is 0.0573. The molecule has 10 nitrogen and oxygen atoms in total. The first-order chi connectivity index (χ1) is 25.3. The Morgan fingerprint density at radius 3 is 0.981 bits per heavy atom. The molecule has 0 unspecified atom stereocenters. The van der Waals surface area contributed by atoms with Crippen molar-refractivity contribution < 1.29 is 19.1 Å². The van der Waals surface area contributed by atoms with Gasteiger partial charge in [0.15, 0.2) is 23.3 Å². The fraction of sp³-hybridized carbons (Fsp3) is 0.190. The van der Waals surface area contributed by atoms with Gasteiger partial charge in [-0.2, -0.15) is 0 Å². The van der Waals surface area contributed by atoms with E-state index in [0.717, 1.165) is 26.7 Å². The van der Waals surface area contributed by atoms with Gasteiger partial charge >= 0.3 is 12.2 Å². The van der Waals surface area contributed by atoms with Crippen LogP contribution in [0.4, 0.5) is 32.9 Å². The van der Waals surface area contributed by atoms with E-state index in [9.17, 15) is 9.59 Å². The summed E-state index contributed by atoms with van der Waals surface area (Å²) >= 11 is 3.53. The average molecular weight is 770 g/mol. The first-order valence-corrected chi connectivity index (χ1v) is 17.9. The van der Waals surface area contributed by atoms with Crippen LogP contribution < -0.4 is 9.80 Å². The predicted octanol–water partition coefficient (Wildman–Crippen LogP) is 11.2. The number of rotatable bonds is 4. The lowest BCUT2D eigenvalue weighted by Gasteiger charge is -2.36. The number of halogens is 1. The van der Waals surface area contributed by atoms with Crippen LogP contribution in [-0.4, -0.2) is 43.3 Å². The number of hydrogen-bond acceptors (Lipinski definition) is 8. The van der Waals surface area contributed by atoms with Crippen LogP contribution in [0, 0.1) is 0 Å². The van der Waals surface area contributed by atoms with Crippen molar-refractivity contribution in [3.8, 4) is 45.0 Å². The number of carbonyl (C=O) groups is 2. The molecule has 1 aliphatic rings. The topological polar surface area (TPSA) is 111 Å². The summed E-state index contributed by atoms with van der Waals surface area (Å²) < 4.78 is 12.9. The molecule has 3 heterocycles. The monoisotopic (exact) mass is 768 g/mol. The van der Waals surface area contributed by atoms with Crippen molar-refractivity contribution in [3.63, 3.8) is 0 Å². The molecule has 0 spiro atoms. The zero-order valence-corrected chi connectivity index (χ0v) is 31.7. The zero-order chi connectivity index (χ0) is 37.5. The quantitative estimate of drug-likeness (QED) is 0.174. The molecule has 11 heteroatoms. The molecule has 2 aromatic heterocycles. The van der Waals surface area contributed by atoms with Crippen LogP contribution in [0.3, 0.4) is 0 Å². The van der Waals surface area contributed by atoms with Gasteiger partial charge in [0, 0.05) is 26.7 Å². The molecule has 4 aromatic carbocycles. The molecule has 0 fully saturated rings. The Morgan fingerprint density at radius 1 is 0.453 bits per heavy atom. The van der Waals surface area contributed by atoms with Crippen LogP contribution in [0.5, 0.6) is 0 Å².